The van der Waals surface area contributed by atoms with Gasteiger partial charge in [0.15, 0.2) is 0 Å². The Bertz CT molecular complexity index is 505. The Morgan fingerprint density at radius 2 is 1.94 bits per heavy atom. The van der Waals surface area contributed by atoms with Gasteiger partial charge in [0, 0.05) is 5.56 Å². The molecular formula is C17H18O. The summed E-state index contributed by atoms with van der Waals surface area (Å²) in [6.45, 7) is 4.02. The highest BCUT2D eigenvalue weighted by atomic mass is 16.5. The Morgan fingerprint density at radius 3 is 2.56 bits per heavy atom. The molecule has 0 unspecified atom stereocenters. The first-order valence-corrected chi connectivity index (χ1v) is 5.88. The Kier molecular flexibility index (Phi) is 6.14. The van der Waals surface area contributed by atoms with Gasteiger partial charge in [-0.3, -0.25) is 0 Å². The molecule has 0 aliphatic rings. The van der Waals surface area contributed by atoms with Gasteiger partial charge in [-0.15, -0.1) is 0 Å². The first-order chi connectivity index (χ1) is 8.76. The maximum atomic E-state index is 5.14. The minimum atomic E-state index is 0.811. The minimum absolute atomic E-state index is 0.811. The monoisotopic (exact) mass is 238 g/mol. The molecule has 0 saturated heterocycles. The molecule has 1 heteroatoms. The van der Waals surface area contributed by atoms with E-state index in [4.69, 9.17) is 4.74 Å². The van der Waals surface area contributed by atoms with Crippen LogP contribution in [0.15, 0.2) is 60.4 Å². The van der Waals surface area contributed by atoms with Crippen molar-refractivity contribution in [3.8, 4) is 11.8 Å². The maximum absolute atomic E-state index is 5.14. The second kappa shape index (κ2) is 7.97. The molecule has 0 radical (unpaired) electrons. The van der Waals surface area contributed by atoms with Crippen molar-refractivity contribution < 1.29 is 4.74 Å². The summed E-state index contributed by atoms with van der Waals surface area (Å²) in [5, 5.41) is 0. The van der Waals surface area contributed by atoms with E-state index < -0.39 is 0 Å². The van der Waals surface area contributed by atoms with Gasteiger partial charge < -0.3 is 4.74 Å². The van der Waals surface area contributed by atoms with Gasteiger partial charge >= 0.3 is 0 Å². The Balaban J connectivity index is 2.63. The van der Waals surface area contributed by atoms with Gasteiger partial charge in [0.25, 0.3) is 0 Å². The summed E-state index contributed by atoms with van der Waals surface area (Å²) in [4.78, 5) is 0. The van der Waals surface area contributed by atoms with Crippen molar-refractivity contribution in [1.82, 2.24) is 0 Å². The SMILES string of the molecule is C\C=C/C(=C\C=C\C#Cc1ccc(C)cc1)OC. The summed E-state index contributed by atoms with van der Waals surface area (Å²) in [5.41, 5.74) is 2.27. The van der Waals surface area contributed by atoms with E-state index in [0.717, 1.165) is 11.3 Å². The quantitative estimate of drug-likeness (QED) is 0.439. The number of allylic oxidation sites excluding steroid dienone is 5. The lowest BCUT2D eigenvalue weighted by Crippen LogP contribution is -1.79. The van der Waals surface area contributed by atoms with Gasteiger partial charge in [-0.1, -0.05) is 41.7 Å². The van der Waals surface area contributed by atoms with Crippen molar-refractivity contribution in [2.75, 3.05) is 7.11 Å². The van der Waals surface area contributed by atoms with Gasteiger partial charge in [-0.2, -0.15) is 0 Å². The molecule has 18 heavy (non-hydrogen) atoms. The topological polar surface area (TPSA) is 9.23 Å². The number of benzene rings is 1. The first kappa shape index (κ1) is 13.9. The van der Waals surface area contributed by atoms with Crippen LogP contribution in [0.1, 0.15) is 18.1 Å². The fourth-order valence-corrected chi connectivity index (χ4v) is 1.31. The van der Waals surface area contributed by atoms with Gasteiger partial charge in [-0.05, 0) is 44.2 Å². The maximum Gasteiger partial charge on any atom is 0.118 e. The number of ether oxygens (including phenoxy) is 1. The summed E-state index contributed by atoms with van der Waals surface area (Å²) in [6.07, 6.45) is 9.39. The summed E-state index contributed by atoms with van der Waals surface area (Å²) in [7, 11) is 1.65. The molecule has 1 nitrogen and oxygen atoms in total. The van der Waals surface area contributed by atoms with Gasteiger partial charge in [-0.25, -0.2) is 0 Å². The van der Waals surface area contributed by atoms with Crippen LogP contribution in [0, 0.1) is 18.8 Å². The van der Waals surface area contributed by atoms with E-state index >= 15 is 0 Å². The Labute approximate surface area is 109 Å². The van der Waals surface area contributed by atoms with E-state index in [1.165, 1.54) is 5.56 Å². The number of hydrogen-bond donors (Lipinski definition) is 0. The normalized spacial score (nSPS) is 11.6. The van der Waals surface area contributed by atoms with E-state index in [0.29, 0.717) is 0 Å². The third-order valence-corrected chi connectivity index (χ3v) is 2.27. The molecule has 0 aliphatic carbocycles. The molecule has 0 fully saturated rings. The first-order valence-electron chi connectivity index (χ1n) is 5.88. The molecule has 92 valence electrons. The van der Waals surface area contributed by atoms with Crippen molar-refractivity contribution in [3.05, 3.63) is 71.5 Å². The molecule has 1 aromatic carbocycles. The van der Waals surface area contributed by atoms with Crippen LogP contribution in [-0.2, 0) is 4.74 Å². The van der Waals surface area contributed by atoms with E-state index in [9.17, 15) is 0 Å². The molecule has 0 heterocycles. The predicted molar refractivity (Wildman–Crippen MR) is 77.1 cm³/mol. The molecule has 0 aromatic heterocycles. The summed E-state index contributed by atoms with van der Waals surface area (Å²) < 4.78 is 5.14. The molecule has 1 aromatic rings. The van der Waals surface area contributed by atoms with Crippen molar-refractivity contribution in [3.63, 3.8) is 0 Å². The minimum Gasteiger partial charge on any atom is -0.497 e. The molecule has 1 rings (SSSR count). The van der Waals surface area contributed by atoms with Gasteiger partial charge in [0.2, 0.25) is 0 Å². The third kappa shape index (κ3) is 5.23. The summed E-state index contributed by atoms with van der Waals surface area (Å²) >= 11 is 0. The summed E-state index contributed by atoms with van der Waals surface area (Å²) in [5.74, 6) is 6.87. The van der Waals surface area contributed by atoms with Crippen LogP contribution in [0.25, 0.3) is 0 Å². The second-order valence-corrected chi connectivity index (χ2v) is 3.77. The van der Waals surface area contributed by atoms with Crippen LogP contribution >= 0.6 is 0 Å². The Morgan fingerprint density at radius 1 is 1.22 bits per heavy atom. The number of hydrogen-bond acceptors (Lipinski definition) is 1. The molecule has 0 atom stereocenters. The van der Waals surface area contributed by atoms with Crippen LogP contribution in [0.2, 0.25) is 0 Å². The molecule has 0 saturated carbocycles. The highest BCUT2D eigenvalue weighted by Gasteiger charge is 1.85. The van der Waals surface area contributed by atoms with Gasteiger partial charge in [0.1, 0.15) is 5.76 Å². The number of rotatable bonds is 3. The summed E-state index contributed by atoms with van der Waals surface area (Å²) in [6, 6.07) is 8.16. The highest BCUT2D eigenvalue weighted by Crippen LogP contribution is 2.01. The average Bonchev–Trinajstić information content (AvgIpc) is 2.39. The van der Waals surface area contributed by atoms with Crippen LogP contribution in [0.4, 0.5) is 0 Å². The van der Waals surface area contributed by atoms with Crippen LogP contribution in [0.5, 0.6) is 0 Å². The highest BCUT2D eigenvalue weighted by molar-refractivity contribution is 5.38. The zero-order chi connectivity index (χ0) is 13.2. The molecular weight excluding hydrogens is 220 g/mol. The molecule has 0 spiro atoms. The third-order valence-electron chi connectivity index (χ3n) is 2.27. The van der Waals surface area contributed by atoms with Crippen molar-refractivity contribution in [1.29, 1.82) is 0 Å². The zero-order valence-electron chi connectivity index (χ0n) is 11.1. The van der Waals surface area contributed by atoms with Crippen molar-refractivity contribution in [2.45, 2.75) is 13.8 Å². The molecule has 0 amide bonds. The average molecular weight is 238 g/mol. The van der Waals surface area contributed by atoms with Crippen molar-refractivity contribution in [2.24, 2.45) is 0 Å². The lowest BCUT2D eigenvalue weighted by atomic mass is 10.1. The molecule has 0 N–H and O–H groups in total. The fraction of sp³-hybridized carbons (Fsp3) is 0.176. The lowest BCUT2D eigenvalue weighted by Gasteiger charge is -1.95. The fourth-order valence-electron chi connectivity index (χ4n) is 1.31. The van der Waals surface area contributed by atoms with Crippen LogP contribution in [0.3, 0.4) is 0 Å². The standard InChI is InChI=1S/C17H18O/c1-4-8-17(18-3)10-7-5-6-9-16-13-11-15(2)12-14-16/h4-5,7-8,10-14H,1-3H3/b7-5+,8-4-,17-10+. The predicted octanol–water partition coefficient (Wildman–Crippen LogP) is 4.01. The molecule has 0 bridgehead atoms. The van der Waals surface area contributed by atoms with Gasteiger partial charge in [0.05, 0.1) is 7.11 Å². The molecule has 0 aliphatic heterocycles. The largest absolute Gasteiger partial charge is 0.497 e. The zero-order valence-corrected chi connectivity index (χ0v) is 11.1. The number of aryl methyl sites for hydroxylation is 1. The van der Waals surface area contributed by atoms with E-state index in [1.54, 1.807) is 7.11 Å². The van der Waals surface area contributed by atoms with E-state index in [-0.39, 0.29) is 0 Å². The Hall–Kier alpha value is -2.20. The van der Waals surface area contributed by atoms with E-state index in [1.807, 2.05) is 49.4 Å². The van der Waals surface area contributed by atoms with Crippen LogP contribution < -0.4 is 0 Å². The van der Waals surface area contributed by atoms with Crippen molar-refractivity contribution >= 4 is 0 Å². The number of methoxy groups -OCH3 is 1. The van der Waals surface area contributed by atoms with Crippen LogP contribution in [-0.4, -0.2) is 7.11 Å². The smallest absolute Gasteiger partial charge is 0.118 e. The van der Waals surface area contributed by atoms with E-state index in [2.05, 4.69) is 30.9 Å². The second-order valence-electron chi connectivity index (χ2n) is 3.77. The lowest BCUT2D eigenvalue weighted by molar-refractivity contribution is 0.307.